The van der Waals surface area contributed by atoms with E-state index in [1.165, 1.54) is 25.5 Å². The zero-order chi connectivity index (χ0) is 20.4. The number of ether oxygens (including phenoxy) is 2. The van der Waals surface area contributed by atoms with Crippen LogP contribution in [0.5, 0.6) is 0 Å². The Morgan fingerprint density at radius 3 is 2.67 bits per heavy atom. The van der Waals surface area contributed by atoms with Gasteiger partial charge in [-0.15, -0.1) is 0 Å². The van der Waals surface area contributed by atoms with Crippen molar-refractivity contribution in [2.45, 2.75) is 20.3 Å². The molecule has 6 nitrogen and oxygen atoms in total. The van der Waals surface area contributed by atoms with Gasteiger partial charge in [-0.3, -0.25) is 9.79 Å². The summed E-state index contributed by atoms with van der Waals surface area (Å²) in [6.07, 6.45) is 6.16. The first kappa shape index (κ1) is 22.3. The summed E-state index contributed by atoms with van der Waals surface area (Å²) in [6, 6.07) is 0. The minimum absolute atomic E-state index is 0.0370. The van der Waals surface area contributed by atoms with E-state index in [9.17, 15) is 14.3 Å². The van der Waals surface area contributed by atoms with Crippen LogP contribution < -0.4 is 0 Å². The number of alkyl halides is 1. The smallest absolute Gasteiger partial charge is 0.307 e. The molecular formula is C20H27FN2O4. The van der Waals surface area contributed by atoms with Crippen LogP contribution in [0.2, 0.25) is 0 Å². The normalized spacial score (nSPS) is 23.3. The maximum Gasteiger partial charge on any atom is 0.307 e. The van der Waals surface area contributed by atoms with Crippen LogP contribution in [0.3, 0.4) is 0 Å². The molecule has 0 radical (unpaired) electrons. The highest BCUT2D eigenvalue weighted by atomic mass is 19.1. The van der Waals surface area contributed by atoms with Crippen molar-refractivity contribution in [3.05, 3.63) is 48.5 Å². The Labute approximate surface area is 159 Å². The largest absolute Gasteiger partial charge is 0.497 e. The van der Waals surface area contributed by atoms with Gasteiger partial charge in [0.25, 0.3) is 0 Å². The molecule has 7 heteroatoms. The summed E-state index contributed by atoms with van der Waals surface area (Å²) in [7, 11) is 1.46. The van der Waals surface area contributed by atoms with Crippen LogP contribution >= 0.6 is 0 Å². The Hall–Kier alpha value is -2.70. The third kappa shape index (κ3) is 6.20. The van der Waals surface area contributed by atoms with Gasteiger partial charge in [-0.25, -0.2) is 9.38 Å². The van der Waals surface area contributed by atoms with Gasteiger partial charge in [0.2, 0.25) is 0 Å². The Balaban J connectivity index is 3.01. The van der Waals surface area contributed by atoms with Gasteiger partial charge in [-0.05, 0) is 44.1 Å². The number of aliphatic carboxylic acids is 1. The van der Waals surface area contributed by atoms with Gasteiger partial charge in [0, 0.05) is 12.0 Å². The lowest BCUT2D eigenvalue weighted by molar-refractivity contribution is -0.139. The van der Waals surface area contributed by atoms with E-state index >= 15 is 0 Å². The predicted octanol–water partition coefficient (Wildman–Crippen LogP) is 3.73. The number of rotatable bonds is 11. The van der Waals surface area contributed by atoms with E-state index in [2.05, 4.69) is 23.1 Å². The maximum atomic E-state index is 13.1. The third-order valence-electron chi connectivity index (χ3n) is 4.28. The van der Waals surface area contributed by atoms with Crippen LogP contribution in [0.25, 0.3) is 0 Å². The molecule has 0 aromatic rings. The molecule has 148 valence electrons. The van der Waals surface area contributed by atoms with E-state index in [1.807, 2.05) is 6.92 Å². The van der Waals surface area contributed by atoms with E-state index < -0.39 is 24.0 Å². The molecule has 27 heavy (non-hydrogen) atoms. The van der Waals surface area contributed by atoms with Gasteiger partial charge in [0.1, 0.15) is 24.0 Å². The minimum Gasteiger partial charge on any atom is -0.497 e. The first-order valence-corrected chi connectivity index (χ1v) is 8.59. The Morgan fingerprint density at radius 1 is 1.48 bits per heavy atom. The SMILES string of the molecule is C=C/C(=C\C(=C/CF)[C@]1(COC(=C)C=NC(C)=NCC)CC1C(=O)O)OC. The fourth-order valence-corrected chi connectivity index (χ4v) is 2.73. The molecule has 0 heterocycles. The average molecular weight is 378 g/mol. The summed E-state index contributed by atoms with van der Waals surface area (Å²) in [4.78, 5) is 19.8. The number of aliphatic imine (C=N–C) groups is 2. The van der Waals surface area contributed by atoms with Crippen molar-refractivity contribution in [2.75, 3.05) is 26.9 Å². The van der Waals surface area contributed by atoms with Crippen LogP contribution in [0.4, 0.5) is 4.39 Å². The Kier molecular flexibility index (Phi) is 8.65. The van der Waals surface area contributed by atoms with Crippen molar-refractivity contribution in [3.8, 4) is 0 Å². The lowest BCUT2D eigenvalue weighted by atomic mass is 9.92. The Morgan fingerprint density at radius 2 is 2.19 bits per heavy atom. The zero-order valence-corrected chi connectivity index (χ0v) is 16.1. The van der Waals surface area contributed by atoms with Gasteiger partial charge in [-0.2, -0.15) is 0 Å². The van der Waals surface area contributed by atoms with Crippen molar-refractivity contribution in [2.24, 2.45) is 21.3 Å². The number of hydrogen-bond donors (Lipinski definition) is 1. The van der Waals surface area contributed by atoms with Crippen molar-refractivity contribution in [3.63, 3.8) is 0 Å². The molecule has 2 atom stereocenters. The molecule has 1 N–H and O–H groups in total. The summed E-state index contributed by atoms with van der Waals surface area (Å²) in [5.41, 5.74) is -0.351. The van der Waals surface area contributed by atoms with Crippen molar-refractivity contribution in [1.29, 1.82) is 0 Å². The van der Waals surface area contributed by atoms with E-state index in [0.717, 1.165) is 0 Å². The van der Waals surface area contributed by atoms with Crippen LogP contribution in [0.15, 0.2) is 58.5 Å². The Bertz CT molecular complexity index is 694. The lowest BCUT2D eigenvalue weighted by Crippen LogP contribution is -2.20. The highest BCUT2D eigenvalue weighted by molar-refractivity contribution is 5.91. The van der Waals surface area contributed by atoms with Crippen molar-refractivity contribution >= 4 is 18.0 Å². The third-order valence-corrected chi connectivity index (χ3v) is 4.28. The van der Waals surface area contributed by atoms with Crippen LogP contribution in [-0.2, 0) is 14.3 Å². The lowest BCUT2D eigenvalue weighted by Gasteiger charge is -2.19. The molecule has 0 aromatic carbocycles. The van der Waals surface area contributed by atoms with Crippen molar-refractivity contribution in [1.82, 2.24) is 0 Å². The molecule has 1 aliphatic rings. The standard InChI is InChI=1S/C20H27FN2O4/c1-6-17(26-5)10-16(8-9-21)20(11-18(20)19(24)25)13-27-14(3)12-23-15(4)22-7-2/h6,8,10,12,18H,1,3,7,9,11,13H2,2,4-5H3,(H,24,25)/b16-8+,17-10+,22-15?,23-12?/t18?,20-/m1/s1. The summed E-state index contributed by atoms with van der Waals surface area (Å²) < 4.78 is 23.8. The fourth-order valence-electron chi connectivity index (χ4n) is 2.73. The van der Waals surface area contributed by atoms with Crippen LogP contribution in [0, 0.1) is 11.3 Å². The van der Waals surface area contributed by atoms with Gasteiger partial charge in [-0.1, -0.05) is 13.2 Å². The number of amidine groups is 1. The number of halogens is 1. The average Bonchev–Trinajstić information content (AvgIpc) is 3.38. The quantitative estimate of drug-likeness (QED) is 0.257. The van der Waals surface area contributed by atoms with Crippen LogP contribution in [-0.4, -0.2) is 50.1 Å². The van der Waals surface area contributed by atoms with Gasteiger partial charge >= 0.3 is 5.97 Å². The molecule has 0 bridgehead atoms. The van der Waals surface area contributed by atoms with Gasteiger partial charge in [0.15, 0.2) is 0 Å². The molecule has 1 unspecified atom stereocenters. The molecule has 0 saturated heterocycles. The first-order chi connectivity index (χ1) is 12.8. The molecule has 0 spiro atoms. The predicted molar refractivity (Wildman–Crippen MR) is 105 cm³/mol. The second kappa shape index (κ2) is 10.4. The topological polar surface area (TPSA) is 80.5 Å². The number of carbonyl (C=O) groups is 1. The molecular weight excluding hydrogens is 351 g/mol. The molecule has 0 amide bonds. The van der Waals surface area contributed by atoms with Crippen molar-refractivity contribution < 1.29 is 23.8 Å². The van der Waals surface area contributed by atoms with Gasteiger partial charge < -0.3 is 14.6 Å². The fraction of sp³-hybridized carbons (Fsp3) is 0.450. The van der Waals surface area contributed by atoms with E-state index in [4.69, 9.17) is 9.47 Å². The number of allylic oxidation sites excluding steroid dienone is 4. The minimum atomic E-state index is -0.959. The zero-order valence-electron chi connectivity index (χ0n) is 16.1. The van der Waals surface area contributed by atoms with Gasteiger partial charge in [0.05, 0.1) is 25.8 Å². The highest BCUT2D eigenvalue weighted by Crippen LogP contribution is 2.59. The number of methoxy groups -OCH3 is 1. The number of carboxylic acids is 1. The second-order valence-corrected chi connectivity index (χ2v) is 6.05. The highest BCUT2D eigenvalue weighted by Gasteiger charge is 2.61. The molecule has 1 fully saturated rings. The monoisotopic (exact) mass is 378 g/mol. The molecule has 0 aliphatic heterocycles. The van der Waals surface area contributed by atoms with E-state index in [1.54, 1.807) is 13.0 Å². The molecule has 1 saturated carbocycles. The maximum absolute atomic E-state index is 13.1. The van der Waals surface area contributed by atoms with E-state index in [-0.39, 0.29) is 12.4 Å². The summed E-state index contributed by atoms with van der Waals surface area (Å²) in [5.74, 6) is -0.363. The number of hydrogen-bond acceptors (Lipinski definition) is 4. The molecule has 0 aromatic heterocycles. The second-order valence-electron chi connectivity index (χ2n) is 6.05. The molecule has 1 rings (SSSR count). The summed E-state index contributed by atoms with van der Waals surface area (Å²) in [5, 5.41) is 9.44. The first-order valence-electron chi connectivity index (χ1n) is 8.59. The number of nitrogens with zero attached hydrogens (tertiary/aromatic N) is 2. The van der Waals surface area contributed by atoms with Crippen LogP contribution in [0.1, 0.15) is 20.3 Å². The van der Waals surface area contributed by atoms with E-state index in [0.29, 0.717) is 30.1 Å². The number of carboxylic acid groups (broad SMARTS) is 1. The summed E-state index contributed by atoms with van der Waals surface area (Å²) in [6.45, 7) is 11.0. The molecule has 1 aliphatic carbocycles. The summed E-state index contributed by atoms with van der Waals surface area (Å²) >= 11 is 0.